The van der Waals surface area contributed by atoms with Gasteiger partial charge in [-0.05, 0) is 30.5 Å². The molecule has 4 rings (SSSR count). The summed E-state index contributed by atoms with van der Waals surface area (Å²) >= 11 is 0. The maximum absolute atomic E-state index is 12.8. The fourth-order valence-corrected chi connectivity index (χ4v) is 3.42. The van der Waals surface area contributed by atoms with Crippen LogP contribution < -0.4 is 14.4 Å². The normalized spacial score (nSPS) is 17.2. The molecule has 1 amide bonds. The van der Waals surface area contributed by atoms with E-state index in [9.17, 15) is 4.79 Å². The number of amides is 1. The molecule has 0 fully saturated rings. The van der Waals surface area contributed by atoms with Crippen molar-refractivity contribution >= 4 is 23.0 Å². The molecule has 0 atom stereocenters. The van der Waals surface area contributed by atoms with Crippen molar-refractivity contribution < 1.29 is 14.3 Å². The molecule has 24 heavy (non-hydrogen) atoms. The highest BCUT2D eigenvalue weighted by Gasteiger charge is 2.37. The van der Waals surface area contributed by atoms with Crippen molar-refractivity contribution in [3.8, 4) is 11.5 Å². The van der Waals surface area contributed by atoms with Crippen molar-refractivity contribution in [3.63, 3.8) is 0 Å². The van der Waals surface area contributed by atoms with E-state index in [1.807, 2.05) is 23.1 Å². The van der Waals surface area contributed by atoms with Crippen LogP contribution in [0.15, 0.2) is 41.4 Å². The number of benzene rings is 2. The maximum Gasteiger partial charge on any atom is 0.277 e. The van der Waals surface area contributed by atoms with Gasteiger partial charge in [-0.25, -0.2) is 4.99 Å². The lowest BCUT2D eigenvalue weighted by Crippen LogP contribution is -2.33. The highest BCUT2D eigenvalue weighted by molar-refractivity contribution is 6.55. The molecule has 0 spiro atoms. The first kappa shape index (κ1) is 14.8. The van der Waals surface area contributed by atoms with Crippen LogP contribution in [0, 0.1) is 0 Å². The zero-order chi connectivity index (χ0) is 16.7. The van der Waals surface area contributed by atoms with Crippen LogP contribution in [0.5, 0.6) is 11.5 Å². The van der Waals surface area contributed by atoms with E-state index in [4.69, 9.17) is 9.47 Å². The molecule has 2 aromatic carbocycles. The van der Waals surface area contributed by atoms with Gasteiger partial charge in [0.1, 0.15) is 5.71 Å². The van der Waals surface area contributed by atoms with Crippen LogP contribution in [0.3, 0.4) is 0 Å². The van der Waals surface area contributed by atoms with Gasteiger partial charge in [-0.15, -0.1) is 0 Å². The second-order valence-electron chi connectivity index (χ2n) is 5.87. The summed E-state index contributed by atoms with van der Waals surface area (Å²) < 4.78 is 10.6. The molecule has 0 saturated carbocycles. The lowest BCUT2D eigenvalue weighted by Gasteiger charge is -2.24. The number of hydrogen-bond acceptors (Lipinski definition) is 4. The minimum atomic E-state index is -0.0214. The van der Waals surface area contributed by atoms with Crippen molar-refractivity contribution in [1.29, 1.82) is 0 Å². The average molecular weight is 322 g/mol. The molecule has 2 aromatic rings. The first-order chi connectivity index (χ1) is 11.7. The van der Waals surface area contributed by atoms with Crippen LogP contribution in [-0.4, -0.2) is 32.4 Å². The van der Waals surface area contributed by atoms with E-state index in [0.29, 0.717) is 22.9 Å². The minimum Gasteiger partial charge on any atom is -0.493 e. The van der Waals surface area contributed by atoms with Crippen molar-refractivity contribution in [3.05, 3.63) is 47.5 Å². The number of para-hydroxylation sites is 1. The molecule has 2 aliphatic heterocycles. The van der Waals surface area contributed by atoms with Gasteiger partial charge in [-0.3, -0.25) is 4.79 Å². The number of methoxy groups -OCH3 is 2. The Morgan fingerprint density at radius 1 is 1.08 bits per heavy atom. The van der Waals surface area contributed by atoms with E-state index in [-0.39, 0.29) is 5.91 Å². The first-order valence-corrected chi connectivity index (χ1v) is 7.98. The Morgan fingerprint density at radius 3 is 2.71 bits per heavy atom. The molecule has 0 unspecified atom stereocenters. The number of aliphatic imine (C=N–C) groups is 1. The van der Waals surface area contributed by atoms with Crippen molar-refractivity contribution in [2.45, 2.75) is 12.8 Å². The highest BCUT2D eigenvalue weighted by atomic mass is 16.5. The van der Waals surface area contributed by atoms with E-state index in [0.717, 1.165) is 30.6 Å². The fraction of sp³-hybridized carbons (Fsp3) is 0.263. The van der Waals surface area contributed by atoms with Crippen LogP contribution in [0.2, 0.25) is 0 Å². The number of rotatable bonds is 3. The minimum absolute atomic E-state index is 0.0214. The molecular formula is C19H18N2O3. The lowest BCUT2D eigenvalue weighted by molar-refractivity contribution is -0.112. The van der Waals surface area contributed by atoms with E-state index in [1.54, 1.807) is 26.4 Å². The second kappa shape index (κ2) is 5.67. The third-order valence-corrected chi connectivity index (χ3v) is 4.53. The Kier molecular flexibility index (Phi) is 3.49. The molecule has 2 aliphatic rings. The van der Waals surface area contributed by atoms with Gasteiger partial charge in [0, 0.05) is 18.2 Å². The van der Waals surface area contributed by atoms with Gasteiger partial charge in [0.2, 0.25) is 0 Å². The first-order valence-electron chi connectivity index (χ1n) is 7.98. The second-order valence-corrected chi connectivity index (χ2v) is 5.87. The molecule has 5 heteroatoms. The molecular weight excluding hydrogens is 304 g/mol. The predicted molar refractivity (Wildman–Crippen MR) is 92.9 cm³/mol. The van der Waals surface area contributed by atoms with Crippen LogP contribution in [0.1, 0.15) is 17.5 Å². The topological polar surface area (TPSA) is 51.1 Å². The fourth-order valence-electron chi connectivity index (χ4n) is 3.42. The summed E-state index contributed by atoms with van der Waals surface area (Å²) in [6, 6.07) is 11.5. The molecule has 0 bridgehead atoms. The van der Waals surface area contributed by atoms with Crippen molar-refractivity contribution in [1.82, 2.24) is 0 Å². The van der Waals surface area contributed by atoms with Gasteiger partial charge < -0.3 is 14.4 Å². The molecule has 0 saturated heterocycles. The van der Waals surface area contributed by atoms with Crippen LogP contribution >= 0.6 is 0 Å². The smallest absolute Gasteiger partial charge is 0.277 e. The Labute approximate surface area is 140 Å². The maximum atomic E-state index is 12.8. The van der Waals surface area contributed by atoms with E-state index >= 15 is 0 Å². The zero-order valence-corrected chi connectivity index (χ0v) is 13.7. The van der Waals surface area contributed by atoms with Crippen molar-refractivity contribution in [2.75, 3.05) is 25.7 Å². The Bertz CT molecular complexity index is 858. The zero-order valence-electron chi connectivity index (χ0n) is 13.7. The van der Waals surface area contributed by atoms with Gasteiger partial charge in [0.25, 0.3) is 5.91 Å². The number of anilines is 1. The quantitative estimate of drug-likeness (QED) is 0.872. The van der Waals surface area contributed by atoms with E-state index in [2.05, 4.69) is 11.1 Å². The number of ether oxygens (including phenoxy) is 2. The molecule has 0 N–H and O–H groups in total. The van der Waals surface area contributed by atoms with E-state index < -0.39 is 0 Å². The molecule has 5 nitrogen and oxygen atoms in total. The van der Waals surface area contributed by atoms with Gasteiger partial charge >= 0.3 is 0 Å². The van der Waals surface area contributed by atoms with Crippen LogP contribution in [-0.2, 0) is 11.2 Å². The largest absolute Gasteiger partial charge is 0.493 e. The summed E-state index contributed by atoms with van der Waals surface area (Å²) in [6.07, 6.45) is 2.00. The molecule has 122 valence electrons. The summed E-state index contributed by atoms with van der Waals surface area (Å²) in [5, 5.41) is 0. The Morgan fingerprint density at radius 2 is 1.92 bits per heavy atom. The number of carbonyl (C=O) groups excluding carboxylic acids is 1. The molecule has 0 aliphatic carbocycles. The molecule has 2 heterocycles. The number of aryl methyl sites for hydroxylation is 1. The van der Waals surface area contributed by atoms with Crippen LogP contribution in [0.4, 0.5) is 11.4 Å². The van der Waals surface area contributed by atoms with Crippen molar-refractivity contribution in [2.24, 2.45) is 4.99 Å². The third kappa shape index (κ3) is 2.16. The standard InChI is InChI=1S/C19H18N2O3/c1-23-15-9-8-13(11-16(15)24-2)20-17-14-7-3-5-12-6-4-10-21(18(12)14)19(17)22/h3,5,7-9,11H,4,6,10H2,1-2H3. The number of nitrogens with zero attached hydrogens (tertiary/aromatic N) is 2. The van der Waals surface area contributed by atoms with Gasteiger partial charge in [0.05, 0.1) is 25.6 Å². The average Bonchev–Trinajstić information content (AvgIpc) is 2.90. The summed E-state index contributed by atoms with van der Waals surface area (Å²) in [4.78, 5) is 19.3. The van der Waals surface area contributed by atoms with Gasteiger partial charge in [-0.1, -0.05) is 18.2 Å². The molecule has 0 radical (unpaired) electrons. The Balaban J connectivity index is 1.82. The van der Waals surface area contributed by atoms with Gasteiger partial charge in [0.15, 0.2) is 11.5 Å². The number of hydrogen-bond donors (Lipinski definition) is 0. The monoisotopic (exact) mass is 322 g/mol. The Hall–Kier alpha value is -2.82. The van der Waals surface area contributed by atoms with Gasteiger partial charge in [-0.2, -0.15) is 0 Å². The summed E-state index contributed by atoms with van der Waals surface area (Å²) in [5.74, 6) is 1.22. The highest BCUT2D eigenvalue weighted by Crippen LogP contribution is 2.38. The third-order valence-electron chi connectivity index (χ3n) is 4.53. The number of carbonyl (C=O) groups is 1. The lowest BCUT2D eigenvalue weighted by atomic mass is 10.00. The summed E-state index contributed by atoms with van der Waals surface area (Å²) in [6.45, 7) is 0.758. The molecule has 0 aromatic heterocycles. The van der Waals surface area contributed by atoms with E-state index in [1.165, 1.54) is 5.56 Å². The SMILES string of the molecule is COc1ccc(N=C2C(=O)N3CCCc4cccc2c43)cc1OC. The predicted octanol–water partition coefficient (Wildman–Crippen LogP) is 3.12. The summed E-state index contributed by atoms with van der Waals surface area (Å²) in [7, 11) is 3.18. The van der Waals surface area contributed by atoms with Crippen LogP contribution in [0.25, 0.3) is 0 Å². The summed E-state index contributed by atoms with van der Waals surface area (Å²) in [5.41, 5.74) is 4.36.